The van der Waals surface area contributed by atoms with Crippen molar-refractivity contribution in [1.82, 2.24) is 14.8 Å². The summed E-state index contributed by atoms with van der Waals surface area (Å²) < 4.78 is 6.80. The monoisotopic (exact) mass is 396 g/mol. The summed E-state index contributed by atoms with van der Waals surface area (Å²) in [5.41, 5.74) is 2.05. The van der Waals surface area contributed by atoms with Crippen LogP contribution in [0.1, 0.15) is 15.4 Å². The second-order valence-corrected chi connectivity index (χ2v) is 7.89. The number of benzene rings is 1. The van der Waals surface area contributed by atoms with Crippen LogP contribution in [-0.2, 0) is 0 Å². The van der Waals surface area contributed by atoms with Crippen molar-refractivity contribution in [3.05, 3.63) is 64.6 Å². The van der Waals surface area contributed by atoms with Crippen LogP contribution in [0.15, 0.2) is 54.0 Å². The van der Waals surface area contributed by atoms with Gasteiger partial charge in [-0.05, 0) is 49.4 Å². The number of nitrogens with zero attached hydrogens (tertiary/aromatic N) is 3. The molecular formula is C19H16N4O2S2. The first-order chi connectivity index (χ1) is 13.1. The number of nitrogens with one attached hydrogen (secondary N) is 1. The van der Waals surface area contributed by atoms with Gasteiger partial charge in [0, 0.05) is 16.5 Å². The smallest absolute Gasteiger partial charge is 0.277 e. The minimum atomic E-state index is -0.287. The molecule has 6 nitrogen and oxygen atoms in total. The predicted octanol–water partition coefficient (Wildman–Crippen LogP) is 4.63. The molecule has 0 aliphatic carbocycles. The van der Waals surface area contributed by atoms with Gasteiger partial charge in [0.15, 0.2) is 10.8 Å². The number of aryl methyl sites for hydroxylation is 1. The van der Waals surface area contributed by atoms with E-state index in [1.165, 1.54) is 16.2 Å². The number of thiophene rings is 1. The summed E-state index contributed by atoms with van der Waals surface area (Å²) in [5, 5.41) is 9.66. The van der Waals surface area contributed by atoms with E-state index >= 15 is 0 Å². The van der Waals surface area contributed by atoms with E-state index in [1.54, 1.807) is 35.4 Å². The zero-order chi connectivity index (χ0) is 18.8. The highest BCUT2D eigenvalue weighted by molar-refractivity contribution is 7.17. The molecule has 0 saturated heterocycles. The number of hydrogen-bond donors (Lipinski definition) is 1. The zero-order valence-electron chi connectivity index (χ0n) is 14.7. The van der Waals surface area contributed by atoms with E-state index in [0.717, 1.165) is 22.0 Å². The molecule has 0 saturated carbocycles. The summed E-state index contributed by atoms with van der Waals surface area (Å²) >= 11 is 3.08. The average molecular weight is 396 g/mol. The standard InChI is InChI=1S/C19H16N4O2S2/c1-12-3-8-17(27-12)16-11-26-19(20-16)21-18(24)15-9-10-23(22-15)13-4-6-14(25-2)7-5-13/h3-11H,1-2H3,(H,20,21,24). The molecule has 4 aromatic rings. The topological polar surface area (TPSA) is 69.0 Å². The fourth-order valence-corrected chi connectivity index (χ4v) is 4.11. The largest absolute Gasteiger partial charge is 0.497 e. The molecule has 0 fully saturated rings. The summed E-state index contributed by atoms with van der Waals surface area (Å²) in [5.74, 6) is 0.481. The van der Waals surface area contributed by atoms with E-state index in [0.29, 0.717) is 10.8 Å². The predicted molar refractivity (Wildman–Crippen MR) is 108 cm³/mol. The van der Waals surface area contributed by atoms with Crippen LogP contribution in [0.5, 0.6) is 5.75 Å². The first-order valence-corrected chi connectivity index (χ1v) is 9.86. The van der Waals surface area contributed by atoms with Crippen LogP contribution < -0.4 is 10.1 Å². The molecule has 136 valence electrons. The number of rotatable bonds is 5. The molecule has 3 aromatic heterocycles. The van der Waals surface area contributed by atoms with Crippen LogP contribution in [0, 0.1) is 6.92 Å². The fraction of sp³-hybridized carbons (Fsp3) is 0.105. The Bertz CT molecular complexity index is 1080. The zero-order valence-corrected chi connectivity index (χ0v) is 16.3. The van der Waals surface area contributed by atoms with E-state index < -0.39 is 0 Å². The van der Waals surface area contributed by atoms with Gasteiger partial charge in [-0.2, -0.15) is 5.10 Å². The number of carbonyl (C=O) groups is 1. The van der Waals surface area contributed by atoms with Crippen molar-refractivity contribution < 1.29 is 9.53 Å². The third-order valence-electron chi connectivity index (χ3n) is 3.88. The van der Waals surface area contributed by atoms with Gasteiger partial charge in [0.2, 0.25) is 0 Å². The molecule has 3 heterocycles. The van der Waals surface area contributed by atoms with E-state index in [9.17, 15) is 4.79 Å². The normalized spacial score (nSPS) is 10.7. The number of carbonyl (C=O) groups excluding carboxylic acids is 1. The Morgan fingerprint density at radius 1 is 1.15 bits per heavy atom. The minimum absolute atomic E-state index is 0.287. The van der Waals surface area contributed by atoms with E-state index in [1.807, 2.05) is 35.7 Å². The van der Waals surface area contributed by atoms with Crippen LogP contribution >= 0.6 is 22.7 Å². The van der Waals surface area contributed by atoms with Gasteiger partial charge in [0.1, 0.15) is 5.75 Å². The molecule has 0 radical (unpaired) electrons. The second-order valence-electron chi connectivity index (χ2n) is 5.75. The number of hydrogen-bond acceptors (Lipinski definition) is 6. The summed E-state index contributed by atoms with van der Waals surface area (Å²) in [4.78, 5) is 19.3. The molecule has 4 rings (SSSR count). The Labute approximate surface area is 164 Å². The molecule has 0 atom stereocenters. The molecular weight excluding hydrogens is 380 g/mol. The van der Waals surface area contributed by atoms with Crippen LogP contribution in [0.3, 0.4) is 0 Å². The maximum atomic E-state index is 12.5. The maximum absolute atomic E-state index is 12.5. The minimum Gasteiger partial charge on any atom is -0.497 e. The van der Waals surface area contributed by atoms with Crippen LogP contribution in [0.2, 0.25) is 0 Å². The van der Waals surface area contributed by atoms with E-state index in [4.69, 9.17) is 4.74 Å². The van der Waals surface area contributed by atoms with E-state index in [-0.39, 0.29) is 5.91 Å². The van der Waals surface area contributed by atoms with Gasteiger partial charge < -0.3 is 4.74 Å². The quantitative estimate of drug-likeness (QED) is 0.534. The SMILES string of the molecule is COc1ccc(-n2ccc(C(=O)Nc3nc(-c4ccc(C)s4)cs3)n2)cc1. The Kier molecular flexibility index (Phi) is 4.74. The Balaban J connectivity index is 1.47. The lowest BCUT2D eigenvalue weighted by molar-refractivity contribution is 0.102. The Morgan fingerprint density at radius 3 is 2.67 bits per heavy atom. The fourth-order valence-electron chi connectivity index (χ4n) is 2.50. The molecule has 0 unspecified atom stereocenters. The van der Waals surface area contributed by atoms with Crippen molar-refractivity contribution in [1.29, 1.82) is 0 Å². The van der Waals surface area contributed by atoms with Crippen molar-refractivity contribution in [3.8, 4) is 22.0 Å². The Morgan fingerprint density at radius 2 is 1.96 bits per heavy atom. The lowest BCUT2D eigenvalue weighted by Crippen LogP contribution is -2.13. The lowest BCUT2D eigenvalue weighted by atomic mass is 10.3. The molecule has 0 bridgehead atoms. The van der Waals surface area contributed by atoms with Gasteiger partial charge in [-0.1, -0.05) is 0 Å². The maximum Gasteiger partial charge on any atom is 0.277 e. The van der Waals surface area contributed by atoms with Gasteiger partial charge in [-0.25, -0.2) is 9.67 Å². The highest BCUT2D eigenvalue weighted by Crippen LogP contribution is 2.30. The van der Waals surface area contributed by atoms with Crippen molar-refractivity contribution >= 4 is 33.7 Å². The molecule has 1 aromatic carbocycles. The number of anilines is 1. The third-order valence-corrected chi connectivity index (χ3v) is 5.66. The van der Waals surface area contributed by atoms with Crippen LogP contribution in [-0.4, -0.2) is 27.8 Å². The van der Waals surface area contributed by atoms with Crippen LogP contribution in [0.25, 0.3) is 16.3 Å². The van der Waals surface area contributed by atoms with E-state index in [2.05, 4.69) is 28.4 Å². The molecule has 27 heavy (non-hydrogen) atoms. The van der Waals surface area contributed by atoms with Gasteiger partial charge in [0.05, 0.1) is 23.4 Å². The van der Waals surface area contributed by atoms with Gasteiger partial charge in [-0.15, -0.1) is 22.7 Å². The van der Waals surface area contributed by atoms with Gasteiger partial charge in [-0.3, -0.25) is 10.1 Å². The van der Waals surface area contributed by atoms with Crippen molar-refractivity contribution in [3.63, 3.8) is 0 Å². The average Bonchev–Trinajstić information content (AvgIpc) is 3.42. The molecule has 1 N–H and O–H groups in total. The number of ether oxygens (including phenoxy) is 1. The lowest BCUT2D eigenvalue weighted by Gasteiger charge is -2.03. The van der Waals surface area contributed by atoms with Crippen LogP contribution in [0.4, 0.5) is 5.13 Å². The number of thiazole rings is 1. The molecule has 0 spiro atoms. The van der Waals surface area contributed by atoms with Crippen molar-refractivity contribution in [2.45, 2.75) is 6.92 Å². The summed E-state index contributed by atoms with van der Waals surface area (Å²) in [6.07, 6.45) is 1.75. The first kappa shape index (κ1) is 17.4. The van der Waals surface area contributed by atoms with Gasteiger partial charge >= 0.3 is 0 Å². The summed E-state index contributed by atoms with van der Waals surface area (Å²) in [7, 11) is 1.62. The van der Waals surface area contributed by atoms with Crippen molar-refractivity contribution in [2.24, 2.45) is 0 Å². The second kappa shape index (κ2) is 7.34. The number of aromatic nitrogens is 3. The van der Waals surface area contributed by atoms with Crippen molar-refractivity contribution in [2.75, 3.05) is 12.4 Å². The molecule has 8 heteroatoms. The number of amides is 1. The summed E-state index contributed by atoms with van der Waals surface area (Å²) in [6.45, 7) is 2.06. The Hall–Kier alpha value is -2.97. The highest BCUT2D eigenvalue weighted by atomic mass is 32.1. The molecule has 0 aliphatic rings. The third kappa shape index (κ3) is 3.76. The molecule has 0 aliphatic heterocycles. The van der Waals surface area contributed by atoms with Gasteiger partial charge in [0.25, 0.3) is 5.91 Å². The highest BCUT2D eigenvalue weighted by Gasteiger charge is 2.14. The first-order valence-electron chi connectivity index (χ1n) is 8.16. The summed E-state index contributed by atoms with van der Waals surface area (Å²) in [6, 6.07) is 13.2. The number of methoxy groups -OCH3 is 1. The molecule has 1 amide bonds.